The van der Waals surface area contributed by atoms with E-state index in [1.165, 1.54) is 12.1 Å². The molecule has 0 fully saturated rings. The predicted molar refractivity (Wildman–Crippen MR) is 118 cm³/mol. The first-order valence-electron chi connectivity index (χ1n) is 10.3. The van der Waals surface area contributed by atoms with Gasteiger partial charge >= 0.3 is 0 Å². The summed E-state index contributed by atoms with van der Waals surface area (Å²) in [5, 5.41) is 14.1. The Morgan fingerprint density at radius 2 is 1.81 bits per heavy atom. The molecular weight excluding hydrogens is 394 g/mol. The summed E-state index contributed by atoms with van der Waals surface area (Å²) in [6.45, 7) is 3.72. The van der Waals surface area contributed by atoms with Gasteiger partial charge in [-0.3, -0.25) is 24.7 Å². The Kier molecular flexibility index (Phi) is 5.50. The number of aliphatic imine (C=N–C) groups is 1. The molecule has 0 aromatic heterocycles. The molecule has 0 spiro atoms. The van der Waals surface area contributed by atoms with E-state index in [1.807, 2.05) is 38.1 Å². The van der Waals surface area contributed by atoms with E-state index in [4.69, 9.17) is 0 Å². The van der Waals surface area contributed by atoms with Crippen LogP contribution in [0.15, 0.2) is 64.8 Å². The fourth-order valence-corrected chi connectivity index (χ4v) is 4.43. The lowest BCUT2D eigenvalue weighted by molar-refractivity contribution is -0.384. The van der Waals surface area contributed by atoms with Crippen molar-refractivity contribution in [3.8, 4) is 0 Å². The lowest BCUT2D eigenvalue weighted by atomic mass is 9.71. The summed E-state index contributed by atoms with van der Waals surface area (Å²) < 4.78 is 0. The smallest absolute Gasteiger partial charge is 0.269 e. The summed E-state index contributed by atoms with van der Waals surface area (Å²) in [4.78, 5) is 41.6. The van der Waals surface area contributed by atoms with Gasteiger partial charge in [-0.05, 0) is 43.9 Å². The highest BCUT2D eigenvalue weighted by atomic mass is 16.6. The van der Waals surface area contributed by atoms with Crippen LogP contribution in [-0.4, -0.2) is 22.3 Å². The summed E-state index contributed by atoms with van der Waals surface area (Å²) in [6.07, 6.45) is 1.85. The van der Waals surface area contributed by atoms with Crippen LogP contribution < -0.4 is 5.32 Å². The Morgan fingerprint density at radius 3 is 2.48 bits per heavy atom. The van der Waals surface area contributed by atoms with Gasteiger partial charge in [0, 0.05) is 47.1 Å². The number of Topliss-reactive ketones (excluding diaryl/α,β-unsaturated/α-hetero) is 1. The van der Waals surface area contributed by atoms with Crippen LogP contribution in [0.25, 0.3) is 0 Å². The minimum atomic E-state index is -0.679. The van der Waals surface area contributed by atoms with Crippen molar-refractivity contribution in [1.82, 2.24) is 0 Å². The molecule has 7 nitrogen and oxygen atoms in total. The van der Waals surface area contributed by atoms with Gasteiger partial charge in [0.2, 0.25) is 5.91 Å². The Balaban J connectivity index is 1.78. The van der Waals surface area contributed by atoms with Crippen LogP contribution in [0.4, 0.5) is 11.4 Å². The Labute approximate surface area is 180 Å². The average Bonchev–Trinajstić information content (AvgIpc) is 2.74. The van der Waals surface area contributed by atoms with Crippen molar-refractivity contribution < 1.29 is 14.5 Å². The number of non-ortho nitro benzene ring substituents is 1. The van der Waals surface area contributed by atoms with Gasteiger partial charge in [-0.15, -0.1) is 0 Å². The van der Waals surface area contributed by atoms with Gasteiger partial charge in [0.25, 0.3) is 5.69 Å². The first kappa shape index (κ1) is 20.7. The molecular formula is C24H23N3O4. The summed E-state index contributed by atoms with van der Waals surface area (Å²) in [7, 11) is 0. The second kappa shape index (κ2) is 8.26. The molecule has 1 unspecified atom stereocenters. The molecule has 2 atom stereocenters. The number of carbonyl (C=O) groups excluding carboxylic acids is 2. The third kappa shape index (κ3) is 3.91. The summed E-state index contributed by atoms with van der Waals surface area (Å²) >= 11 is 0. The van der Waals surface area contributed by atoms with E-state index in [0.717, 1.165) is 17.7 Å². The van der Waals surface area contributed by atoms with Crippen molar-refractivity contribution in [2.75, 3.05) is 5.32 Å². The molecule has 1 N–H and O–H groups in total. The van der Waals surface area contributed by atoms with E-state index in [0.29, 0.717) is 35.4 Å². The molecule has 7 heteroatoms. The van der Waals surface area contributed by atoms with E-state index < -0.39 is 16.8 Å². The van der Waals surface area contributed by atoms with Crippen LogP contribution in [0.5, 0.6) is 0 Å². The van der Waals surface area contributed by atoms with Crippen LogP contribution >= 0.6 is 0 Å². The number of benzene rings is 2. The summed E-state index contributed by atoms with van der Waals surface area (Å²) in [5.74, 6) is -1.45. The van der Waals surface area contributed by atoms with Crippen molar-refractivity contribution in [3.05, 3.63) is 81.0 Å². The number of nitrogens with one attached hydrogen (secondary N) is 1. The van der Waals surface area contributed by atoms with Crippen LogP contribution in [-0.2, 0) is 9.59 Å². The van der Waals surface area contributed by atoms with Crippen LogP contribution in [0.1, 0.15) is 43.2 Å². The van der Waals surface area contributed by atoms with Gasteiger partial charge in [-0.2, -0.15) is 0 Å². The molecule has 0 saturated carbocycles. The molecule has 31 heavy (non-hydrogen) atoms. The molecule has 0 saturated heterocycles. The molecule has 1 amide bonds. The highest BCUT2D eigenvalue weighted by molar-refractivity contribution is 6.13. The molecule has 2 aromatic rings. The topological polar surface area (TPSA) is 102 Å². The fraction of sp³-hybridized carbons (Fsp3) is 0.292. The highest BCUT2D eigenvalue weighted by Gasteiger charge is 2.42. The summed E-state index contributed by atoms with van der Waals surface area (Å²) in [5.41, 5.74) is 4.25. The number of nitro groups is 1. The van der Waals surface area contributed by atoms with Crippen LogP contribution in [0.3, 0.4) is 0 Å². The SMILES string of the molecule is CC1=NC2=C(C(=O)CCC2)[C@H](c2ccc([N+](=O)[O-])cc2)C1C(=O)Nc1ccccc1C. The number of ketones is 1. The predicted octanol–water partition coefficient (Wildman–Crippen LogP) is 4.72. The van der Waals surface area contributed by atoms with Crippen molar-refractivity contribution >= 4 is 28.8 Å². The van der Waals surface area contributed by atoms with Gasteiger partial charge in [0.15, 0.2) is 5.78 Å². The molecule has 0 radical (unpaired) electrons. The second-order valence-corrected chi connectivity index (χ2v) is 8.00. The number of para-hydroxylation sites is 1. The first-order chi connectivity index (χ1) is 14.9. The standard InChI is InChI=1S/C24H23N3O4/c1-14-6-3-4-7-18(14)26-24(29)21-15(2)25-19-8-5-9-20(28)23(19)22(21)16-10-12-17(13-11-16)27(30)31/h3-4,6-7,10-13,21-22H,5,8-9H2,1-2H3,(H,26,29)/t21?,22-/m1/s1. The largest absolute Gasteiger partial charge is 0.325 e. The second-order valence-electron chi connectivity index (χ2n) is 8.00. The monoisotopic (exact) mass is 417 g/mol. The lowest BCUT2D eigenvalue weighted by Gasteiger charge is -2.35. The van der Waals surface area contributed by atoms with E-state index in [-0.39, 0.29) is 17.4 Å². The fourth-order valence-electron chi connectivity index (χ4n) is 4.43. The van der Waals surface area contributed by atoms with Crippen molar-refractivity contribution in [2.45, 2.75) is 39.0 Å². The molecule has 0 bridgehead atoms. The van der Waals surface area contributed by atoms with E-state index in [1.54, 1.807) is 12.1 Å². The molecule has 2 aliphatic rings. The minimum absolute atomic E-state index is 0.00505. The maximum atomic E-state index is 13.4. The first-order valence-corrected chi connectivity index (χ1v) is 10.3. The number of hydrogen-bond acceptors (Lipinski definition) is 5. The zero-order chi connectivity index (χ0) is 22.1. The number of allylic oxidation sites excluding steroid dienone is 2. The number of rotatable bonds is 4. The molecule has 1 heterocycles. The van der Waals surface area contributed by atoms with Gasteiger partial charge in [-0.25, -0.2) is 0 Å². The van der Waals surface area contributed by atoms with Gasteiger partial charge < -0.3 is 5.32 Å². The number of aryl methyl sites for hydroxylation is 1. The van der Waals surface area contributed by atoms with Gasteiger partial charge in [-0.1, -0.05) is 30.3 Å². The van der Waals surface area contributed by atoms with Gasteiger partial charge in [0.05, 0.1) is 10.8 Å². The lowest BCUT2D eigenvalue weighted by Crippen LogP contribution is -2.39. The minimum Gasteiger partial charge on any atom is -0.325 e. The number of amides is 1. The maximum Gasteiger partial charge on any atom is 0.269 e. The third-order valence-electron chi connectivity index (χ3n) is 5.98. The quantitative estimate of drug-likeness (QED) is 0.574. The number of hydrogen-bond donors (Lipinski definition) is 1. The molecule has 1 aliphatic heterocycles. The number of anilines is 1. The zero-order valence-corrected chi connectivity index (χ0v) is 17.4. The van der Waals surface area contributed by atoms with E-state index in [2.05, 4.69) is 10.3 Å². The molecule has 2 aromatic carbocycles. The van der Waals surface area contributed by atoms with Crippen molar-refractivity contribution in [2.24, 2.45) is 10.9 Å². The number of carbonyl (C=O) groups is 2. The normalized spacial score (nSPS) is 20.7. The maximum absolute atomic E-state index is 13.4. The third-order valence-corrected chi connectivity index (χ3v) is 5.98. The Hall–Kier alpha value is -3.61. The Morgan fingerprint density at radius 1 is 1.10 bits per heavy atom. The molecule has 158 valence electrons. The zero-order valence-electron chi connectivity index (χ0n) is 17.4. The van der Waals surface area contributed by atoms with Crippen molar-refractivity contribution in [1.29, 1.82) is 0 Å². The summed E-state index contributed by atoms with van der Waals surface area (Å²) in [6, 6.07) is 13.6. The van der Waals surface area contributed by atoms with Gasteiger partial charge in [0.1, 0.15) is 0 Å². The number of nitrogens with zero attached hydrogens (tertiary/aromatic N) is 2. The van der Waals surface area contributed by atoms with Crippen LogP contribution in [0.2, 0.25) is 0 Å². The van der Waals surface area contributed by atoms with Crippen LogP contribution in [0, 0.1) is 23.0 Å². The molecule has 4 rings (SSSR count). The Bertz CT molecular complexity index is 1130. The van der Waals surface area contributed by atoms with Crippen molar-refractivity contribution in [3.63, 3.8) is 0 Å². The average molecular weight is 417 g/mol. The molecule has 1 aliphatic carbocycles. The highest BCUT2D eigenvalue weighted by Crippen LogP contribution is 2.43. The van der Waals surface area contributed by atoms with E-state index in [9.17, 15) is 19.7 Å². The number of nitro benzene ring substituents is 1. The van der Waals surface area contributed by atoms with E-state index >= 15 is 0 Å².